The number of benzene rings is 3. The fraction of sp³-hybridized carbons (Fsp3) is 0.241. The molecule has 0 saturated heterocycles. The zero-order chi connectivity index (χ0) is 25.8. The molecule has 190 valence electrons. The minimum atomic E-state index is -0.418. The van der Waals surface area contributed by atoms with Gasteiger partial charge >= 0.3 is 5.97 Å². The van der Waals surface area contributed by atoms with E-state index in [1.807, 2.05) is 42.5 Å². The zero-order valence-corrected chi connectivity index (χ0v) is 20.8. The summed E-state index contributed by atoms with van der Waals surface area (Å²) < 4.78 is 16.6. The fourth-order valence-electron chi connectivity index (χ4n) is 4.31. The maximum atomic E-state index is 12.3. The standard InChI is InChI=1S/C29H29N3O5/c1-3-30-17-18-5-9-21(10-6-18)31-27(19-8-12-24-25(16-19)37-14-13-36-24)26-22-11-7-20(29(34)35-4-2)15-23(22)32-28(26)33/h5-12,15-16,30,32-33H,3-4,13-14,17H2,1-2H3. The second kappa shape index (κ2) is 10.8. The van der Waals surface area contributed by atoms with E-state index >= 15 is 0 Å². The SMILES string of the molecule is CCNCc1ccc(N=C(c2ccc3c(c2)OCCO3)c2c(O)[nH]c3cc(C(=O)OCC)ccc23)cc1. The quantitative estimate of drug-likeness (QED) is 0.230. The molecule has 1 aliphatic heterocycles. The highest BCUT2D eigenvalue weighted by Gasteiger charge is 2.22. The summed E-state index contributed by atoms with van der Waals surface area (Å²) in [7, 11) is 0. The van der Waals surface area contributed by atoms with Gasteiger partial charge in [0.15, 0.2) is 17.4 Å². The Morgan fingerprint density at radius 3 is 2.51 bits per heavy atom. The molecule has 1 aromatic heterocycles. The first-order valence-corrected chi connectivity index (χ1v) is 12.4. The van der Waals surface area contributed by atoms with Gasteiger partial charge in [-0.2, -0.15) is 0 Å². The van der Waals surface area contributed by atoms with Crippen molar-refractivity contribution in [1.82, 2.24) is 10.3 Å². The number of H-pyrrole nitrogens is 1. The van der Waals surface area contributed by atoms with Crippen LogP contribution in [0, 0.1) is 0 Å². The number of nitrogens with zero attached hydrogens (tertiary/aromatic N) is 1. The lowest BCUT2D eigenvalue weighted by atomic mass is 9.99. The normalized spacial score (nSPS) is 13.1. The Morgan fingerprint density at radius 1 is 1.00 bits per heavy atom. The molecule has 0 fully saturated rings. The molecular formula is C29H29N3O5. The van der Waals surface area contributed by atoms with Crippen LogP contribution in [0.2, 0.25) is 0 Å². The van der Waals surface area contributed by atoms with Crippen LogP contribution in [0.25, 0.3) is 10.9 Å². The van der Waals surface area contributed by atoms with E-state index in [0.717, 1.165) is 35.3 Å². The van der Waals surface area contributed by atoms with Crippen LogP contribution in [-0.2, 0) is 11.3 Å². The Bertz CT molecular complexity index is 1460. The van der Waals surface area contributed by atoms with E-state index in [1.54, 1.807) is 25.1 Å². The number of aromatic nitrogens is 1. The maximum Gasteiger partial charge on any atom is 0.338 e. The Balaban J connectivity index is 1.63. The average molecular weight is 500 g/mol. The van der Waals surface area contributed by atoms with Gasteiger partial charge in [0, 0.05) is 23.0 Å². The van der Waals surface area contributed by atoms with E-state index in [4.69, 9.17) is 19.2 Å². The number of ether oxygens (including phenoxy) is 3. The molecule has 8 heteroatoms. The second-order valence-electron chi connectivity index (χ2n) is 8.60. The molecule has 3 N–H and O–H groups in total. The van der Waals surface area contributed by atoms with Gasteiger partial charge < -0.3 is 29.6 Å². The molecule has 0 spiro atoms. The van der Waals surface area contributed by atoms with Gasteiger partial charge in [0.05, 0.1) is 29.1 Å². The van der Waals surface area contributed by atoms with Crippen LogP contribution in [0.15, 0.2) is 65.7 Å². The number of carbonyl (C=O) groups excluding carboxylic acids is 1. The summed E-state index contributed by atoms with van der Waals surface area (Å²) in [4.78, 5) is 20.2. The molecule has 8 nitrogen and oxygen atoms in total. The Labute approximate surface area is 214 Å². The van der Waals surface area contributed by atoms with Gasteiger partial charge in [0.2, 0.25) is 0 Å². The van der Waals surface area contributed by atoms with Gasteiger partial charge in [-0.1, -0.05) is 25.1 Å². The van der Waals surface area contributed by atoms with Crippen molar-refractivity contribution in [2.24, 2.45) is 4.99 Å². The van der Waals surface area contributed by atoms with Crippen molar-refractivity contribution in [3.63, 3.8) is 0 Å². The first-order chi connectivity index (χ1) is 18.1. The fourth-order valence-corrected chi connectivity index (χ4v) is 4.31. The van der Waals surface area contributed by atoms with Crippen molar-refractivity contribution in [2.45, 2.75) is 20.4 Å². The maximum absolute atomic E-state index is 12.3. The summed E-state index contributed by atoms with van der Waals surface area (Å²) in [5.41, 5.74) is 4.74. The van der Waals surface area contributed by atoms with Gasteiger partial charge in [-0.05, 0) is 61.5 Å². The predicted molar refractivity (Wildman–Crippen MR) is 142 cm³/mol. The van der Waals surface area contributed by atoms with E-state index in [-0.39, 0.29) is 12.5 Å². The molecule has 5 rings (SSSR count). The van der Waals surface area contributed by atoms with Gasteiger partial charge in [0.1, 0.15) is 13.2 Å². The summed E-state index contributed by atoms with van der Waals surface area (Å²) in [5, 5.41) is 15.1. The number of rotatable bonds is 8. The molecule has 4 aromatic rings. The van der Waals surface area contributed by atoms with Crippen LogP contribution in [0.1, 0.15) is 40.9 Å². The third kappa shape index (κ3) is 5.15. The molecule has 0 radical (unpaired) electrons. The van der Waals surface area contributed by atoms with E-state index in [0.29, 0.717) is 47.1 Å². The highest BCUT2D eigenvalue weighted by Crippen LogP contribution is 2.36. The van der Waals surface area contributed by atoms with E-state index in [1.165, 1.54) is 0 Å². The summed E-state index contributed by atoms with van der Waals surface area (Å²) in [6.45, 7) is 6.75. The lowest BCUT2D eigenvalue weighted by molar-refractivity contribution is 0.0526. The number of aliphatic imine (C=N–C) groups is 1. The third-order valence-corrected chi connectivity index (χ3v) is 6.10. The Morgan fingerprint density at radius 2 is 1.76 bits per heavy atom. The van der Waals surface area contributed by atoms with E-state index in [2.05, 4.69) is 17.2 Å². The number of hydrogen-bond donors (Lipinski definition) is 3. The van der Waals surface area contributed by atoms with E-state index in [9.17, 15) is 9.90 Å². The van der Waals surface area contributed by atoms with Crippen LogP contribution in [0.3, 0.4) is 0 Å². The number of aromatic hydroxyl groups is 1. The van der Waals surface area contributed by atoms with Crippen molar-refractivity contribution < 1.29 is 24.1 Å². The van der Waals surface area contributed by atoms with Crippen LogP contribution >= 0.6 is 0 Å². The summed E-state index contributed by atoms with van der Waals surface area (Å²) in [6.07, 6.45) is 0. The molecular weight excluding hydrogens is 470 g/mol. The van der Waals surface area contributed by atoms with Gasteiger partial charge in [-0.15, -0.1) is 0 Å². The molecule has 37 heavy (non-hydrogen) atoms. The largest absolute Gasteiger partial charge is 0.494 e. The van der Waals surface area contributed by atoms with Crippen LogP contribution in [-0.4, -0.2) is 48.1 Å². The molecule has 1 aliphatic rings. The average Bonchev–Trinajstić information content (AvgIpc) is 3.25. The molecule has 2 heterocycles. The number of aromatic amines is 1. The van der Waals surface area contributed by atoms with Crippen LogP contribution in [0.5, 0.6) is 17.4 Å². The molecule has 0 amide bonds. The first kappa shape index (κ1) is 24.4. The van der Waals surface area contributed by atoms with Crippen molar-refractivity contribution in [3.05, 3.63) is 82.9 Å². The van der Waals surface area contributed by atoms with Crippen LogP contribution < -0.4 is 14.8 Å². The number of hydrogen-bond acceptors (Lipinski definition) is 7. The molecule has 0 aliphatic carbocycles. The summed E-state index contributed by atoms with van der Waals surface area (Å²) >= 11 is 0. The summed E-state index contributed by atoms with van der Waals surface area (Å²) in [5.74, 6) is 0.831. The molecule has 0 atom stereocenters. The summed E-state index contributed by atoms with van der Waals surface area (Å²) in [6, 6.07) is 18.7. The van der Waals surface area contributed by atoms with Gasteiger partial charge in [0.25, 0.3) is 0 Å². The highest BCUT2D eigenvalue weighted by molar-refractivity contribution is 6.22. The number of fused-ring (bicyclic) bond motifs is 2. The topological polar surface area (TPSA) is 105 Å². The number of nitrogens with one attached hydrogen (secondary N) is 2. The molecule has 0 saturated carbocycles. The van der Waals surface area contributed by atoms with Crippen molar-refractivity contribution in [2.75, 3.05) is 26.4 Å². The lowest BCUT2D eigenvalue weighted by Crippen LogP contribution is -2.16. The third-order valence-electron chi connectivity index (χ3n) is 6.10. The second-order valence-corrected chi connectivity index (χ2v) is 8.60. The number of carbonyl (C=O) groups is 1. The van der Waals surface area contributed by atoms with Gasteiger partial charge in [-0.25, -0.2) is 9.79 Å². The molecule has 3 aromatic carbocycles. The Hall–Kier alpha value is -4.30. The van der Waals surface area contributed by atoms with Crippen LogP contribution in [0.4, 0.5) is 5.69 Å². The first-order valence-electron chi connectivity index (χ1n) is 12.4. The van der Waals surface area contributed by atoms with Crippen molar-refractivity contribution in [1.29, 1.82) is 0 Å². The lowest BCUT2D eigenvalue weighted by Gasteiger charge is -2.19. The van der Waals surface area contributed by atoms with Gasteiger partial charge in [-0.3, -0.25) is 0 Å². The zero-order valence-electron chi connectivity index (χ0n) is 20.8. The Kier molecular flexibility index (Phi) is 7.09. The van der Waals surface area contributed by atoms with Crippen molar-refractivity contribution in [3.8, 4) is 17.4 Å². The molecule has 0 bridgehead atoms. The van der Waals surface area contributed by atoms with E-state index < -0.39 is 5.97 Å². The number of esters is 1. The molecule has 0 unspecified atom stereocenters. The smallest absolute Gasteiger partial charge is 0.338 e. The minimum absolute atomic E-state index is 0.0478. The highest BCUT2D eigenvalue weighted by atomic mass is 16.6. The minimum Gasteiger partial charge on any atom is -0.494 e. The monoisotopic (exact) mass is 499 g/mol. The predicted octanol–water partition coefficient (Wildman–Crippen LogP) is 5.10. The van der Waals surface area contributed by atoms with Crippen molar-refractivity contribution >= 4 is 28.3 Å².